The van der Waals surface area contributed by atoms with E-state index >= 15 is 0 Å². The maximum Gasteiger partial charge on any atom is 0.169 e. The molecule has 0 unspecified atom stereocenters. The minimum absolute atomic E-state index is 0.187. The smallest absolute Gasteiger partial charge is 0.169 e. The van der Waals surface area contributed by atoms with Gasteiger partial charge in [-0.05, 0) is 30.0 Å². The highest BCUT2D eigenvalue weighted by Gasteiger charge is 2.14. The van der Waals surface area contributed by atoms with Gasteiger partial charge in [0, 0.05) is 10.4 Å². The number of carbonyl (C=O) groups is 1. The van der Waals surface area contributed by atoms with Crippen molar-refractivity contribution in [2.75, 3.05) is 0 Å². The second-order valence-electron chi connectivity index (χ2n) is 3.39. The van der Waals surface area contributed by atoms with Gasteiger partial charge in [0.25, 0.3) is 0 Å². The molecule has 0 aliphatic carbocycles. The summed E-state index contributed by atoms with van der Waals surface area (Å²) in [6.07, 6.45) is 0.307. The number of aryl methyl sites for hydroxylation is 1. The van der Waals surface area contributed by atoms with Crippen LogP contribution < -0.4 is 0 Å². The molecule has 0 radical (unpaired) electrons. The highest BCUT2D eigenvalue weighted by Crippen LogP contribution is 2.29. The second kappa shape index (κ2) is 4.14. The molecule has 0 saturated heterocycles. The molecule has 0 bridgehead atoms. The van der Waals surface area contributed by atoms with Crippen LogP contribution in [0.15, 0.2) is 23.6 Å². The zero-order chi connectivity index (χ0) is 11.7. The van der Waals surface area contributed by atoms with Gasteiger partial charge >= 0.3 is 0 Å². The Hall–Kier alpha value is -1.55. The van der Waals surface area contributed by atoms with Crippen LogP contribution in [-0.4, -0.2) is 6.29 Å². The number of hydrogen-bond donors (Lipinski definition) is 0. The summed E-state index contributed by atoms with van der Waals surface area (Å²) in [6, 6.07) is 4.49. The summed E-state index contributed by atoms with van der Waals surface area (Å²) in [5.41, 5.74) is 0.567. The van der Waals surface area contributed by atoms with E-state index in [1.165, 1.54) is 23.5 Å². The number of hydrogen-bond acceptors (Lipinski definition) is 2. The molecule has 1 aromatic carbocycles. The standard InChI is InChI=1S/C12H8F2OS/c1-7-4-9(6-16-7)10-3-2-8(5-15)11(13)12(10)14/h2-6H,1H3. The molecule has 1 aromatic heterocycles. The van der Waals surface area contributed by atoms with E-state index in [1.54, 1.807) is 11.4 Å². The van der Waals surface area contributed by atoms with E-state index in [0.717, 1.165) is 4.88 Å². The van der Waals surface area contributed by atoms with Gasteiger partial charge in [-0.3, -0.25) is 4.79 Å². The average molecular weight is 238 g/mol. The summed E-state index contributed by atoms with van der Waals surface area (Å²) in [6.45, 7) is 1.89. The van der Waals surface area contributed by atoms with Crippen LogP contribution in [0.3, 0.4) is 0 Å². The largest absolute Gasteiger partial charge is 0.298 e. The van der Waals surface area contributed by atoms with Crippen molar-refractivity contribution in [2.45, 2.75) is 6.92 Å². The molecule has 0 aliphatic heterocycles. The predicted molar refractivity (Wildman–Crippen MR) is 59.8 cm³/mol. The number of halogens is 2. The molecular weight excluding hydrogens is 230 g/mol. The zero-order valence-electron chi connectivity index (χ0n) is 8.46. The molecule has 82 valence electrons. The summed E-state index contributed by atoms with van der Waals surface area (Å²) < 4.78 is 27.0. The molecule has 2 aromatic rings. The van der Waals surface area contributed by atoms with Crippen LogP contribution in [0.4, 0.5) is 8.78 Å². The molecule has 1 heterocycles. The number of rotatable bonds is 2. The monoisotopic (exact) mass is 238 g/mol. The van der Waals surface area contributed by atoms with Crippen LogP contribution >= 0.6 is 11.3 Å². The molecule has 0 fully saturated rings. The van der Waals surface area contributed by atoms with Crippen LogP contribution in [0, 0.1) is 18.6 Å². The zero-order valence-corrected chi connectivity index (χ0v) is 9.28. The van der Waals surface area contributed by atoms with Crippen LogP contribution in [0.5, 0.6) is 0 Å². The van der Waals surface area contributed by atoms with Crippen LogP contribution in [0.25, 0.3) is 11.1 Å². The topological polar surface area (TPSA) is 17.1 Å². The first-order valence-electron chi connectivity index (χ1n) is 4.62. The SMILES string of the molecule is Cc1cc(-c2ccc(C=O)c(F)c2F)cs1. The summed E-state index contributed by atoms with van der Waals surface area (Å²) in [5, 5.41) is 1.76. The van der Waals surface area contributed by atoms with Gasteiger partial charge in [-0.2, -0.15) is 0 Å². The van der Waals surface area contributed by atoms with Crippen molar-refractivity contribution in [1.82, 2.24) is 0 Å². The lowest BCUT2D eigenvalue weighted by atomic mass is 10.1. The second-order valence-corrected chi connectivity index (χ2v) is 4.51. The van der Waals surface area contributed by atoms with Crippen molar-refractivity contribution in [2.24, 2.45) is 0 Å². The molecule has 16 heavy (non-hydrogen) atoms. The molecular formula is C12H8F2OS. The van der Waals surface area contributed by atoms with Crippen LogP contribution in [0.1, 0.15) is 15.2 Å². The van der Waals surface area contributed by atoms with Gasteiger partial charge < -0.3 is 0 Å². The molecule has 4 heteroatoms. The van der Waals surface area contributed by atoms with Crippen molar-refractivity contribution in [3.8, 4) is 11.1 Å². The predicted octanol–water partition coefficient (Wildman–Crippen LogP) is 3.81. The lowest BCUT2D eigenvalue weighted by Gasteiger charge is -2.03. The molecule has 0 aliphatic rings. The Labute approximate surface area is 95.4 Å². The van der Waals surface area contributed by atoms with Crippen molar-refractivity contribution >= 4 is 17.6 Å². The fourth-order valence-electron chi connectivity index (χ4n) is 1.46. The first kappa shape index (κ1) is 11.0. The first-order valence-corrected chi connectivity index (χ1v) is 5.50. The summed E-state index contributed by atoms with van der Waals surface area (Å²) >= 11 is 1.47. The minimum atomic E-state index is -1.09. The Morgan fingerprint density at radius 2 is 2.00 bits per heavy atom. The van der Waals surface area contributed by atoms with E-state index in [4.69, 9.17) is 0 Å². The molecule has 0 amide bonds. The maximum absolute atomic E-state index is 13.6. The van der Waals surface area contributed by atoms with Crippen molar-refractivity contribution < 1.29 is 13.6 Å². The molecule has 1 nitrogen and oxygen atoms in total. The van der Waals surface area contributed by atoms with Crippen molar-refractivity contribution in [3.05, 3.63) is 45.7 Å². The quantitative estimate of drug-likeness (QED) is 0.727. The third kappa shape index (κ3) is 1.76. The van der Waals surface area contributed by atoms with Gasteiger partial charge in [-0.25, -0.2) is 8.78 Å². The third-order valence-corrected chi connectivity index (χ3v) is 3.14. The Morgan fingerprint density at radius 1 is 1.25 bits per heavy atom. The van der Waals surface area contributed by atoms with Gasteiger partial charge in [0.1, 0.15) is 0 Å². The summed E-state index contributed by atoms with van der Waals surface area (Å²) in [7, 11) is 0. The summed E-state index contributed by atoms with van der Waals surface area (Å²) in [4.78, 5) is 11.4. The molecule has 2 rings (SSSR count). The van der Waals surface area contributed by atoms with Crippen molar-refractivity contribution in [1.29, 1.82) is 0 Å². The molecule has 0 N–H and O–H groups in total. The van der Waals surface area contributed by atoms with Gasteiger partial charge in [0.15, 0.2) is 17.9 Å². The van der Waals surface area contributed by atoms with E-state index in [9.17, 15) is 13.6 Å². The Bertz CT molecular complexity index is 546. The number of thiophene rings is 1. The van der Waals surface area contributed by atoms with Gasteiger partial charge in [-0.1, -0.05) is 6.07 Å². The molecule has 0 spiro atoms. The molecule has 0 atom stereocenters. The number of benzene rings is 1. The van der Waals surface area contributed by atoms with Gasteiger partial charge in [-0.15, -0.1) is 11.3 Å². The first-order chi connectivity index (χ1) is 7.63. The summed E-state index contributed by atoms with van der Waals surface area (Å²) in [5.74, 6) is -2.06. The minimum Gasteiger partial charge on any atom is -0.298 e. The lowest BCUT2D eigenvalue weighted by Crippen LogP contribution is -1.95. The van der Waals surface area contributed by atoms with E-state index < -0.39 is 11.6 Å². The third-order valence-electron chi connectivity index (χ3n) is 2.28. The highest BCUT2D eigenvalue weighted by atomic mass is 32.1. The lowest BCUT2D eigenvalue weighted by molar-refractivity contribution is 0.111. The fourth-order valence-corrected chi connectivity index (χ4v) is 2.17. The van der Waals surface area contributed by atoms with Crippen LogP contribution in [-0.2, 0) is 0 Å². The van der Waals surface area contributed by atoms with E-state index in [1.807, 2.05) is 6.92 Å². The Morgan fingerprint density at radius 3 is 2.56 bits per heavy atom. The van der Waals surface area contributed by atoms with Gasteiger partial charge in [0.05, 0.1) is 5.56 Å². The maximum atomic E-state index is 13.6. The Balaban J connectivity index is 2.59. The van der Waals surface area contributed by atoms with Crippen molar-refractivity contribution in [3.63, 3.8) is 0 Å². The van der Waals surface area contributed by atoms with Crippen LogP contribution in [0.2, 0.25) is 0 Å². The fraction of sp³-hybridized carbons (Fsp3) is 0.0833. The Kier molecular flexibility index (Phi) is 2.83. The van der Waals surface area contributed by atoms with E-state index in [-0.39, 0.29) is 11.1 Å². The van der Waals surface area contributed by atoms with E-state index in [0.29, 0.717) is 11.8 Å². The highest BCUT2D eigenvalue weighted by molar-refractivity contribution is 7.10. The average Bonchev–Trinajstić information content (AvgIpc) is 2.69. The van der Waals surface area contributed by atoms with E-state index in [2.05, 4.69) is 0 Å². The number of aldehydes is 1. The van der Waals surface area contributed by atoms with Gasteiger partial charge in [0.2, 0.25) is 0 Å². The normalized spacial score (nSPS) is 10.4. The molecule has 0 saturated carbocycles. The number of carbonyl (C=O) groups excluding carboxylic acids is 1.